The van der Waals surface area contributed by atoms with Gasteiger partial charge in [-0.15, -0.1) is 0 Å². The Kier molecular flexibility index (Phi) is 4.13. The normalized spacial score (nSPS) is 13.7. The maximum atomic E-state index is 13.9. The van der Waals surface area contributed by atoms with Crippen LogP contribution in [0.1, 0.15) is 33.3 Å². The van der Waals surface area contributed by atoms with Crippen molar-refractivity contribution in [2.24, 2.45) is 0 Å². The van der Waals surface area contributed by atoms with Crippen LogP contribution >= 0.6 is 0 Å². The summed E-state index contributed by atoms with van der Waals surface area (Å²) in [6, 6.07) is 7.68. The molecule has 1 aromatic carbocycles. The third-order valence-corrected chi connectivity index (χ3v) is 3.48. The molecule has 0 fully saturated rings. The molecule has 0 spiro atoms. The number of aliphatic hydroxyl groups is 1. The van der Waals surface area contributed by atoms with E-state index in [9.17, 15) is 13.9 Å². The Labute approximate surface area is 107 Å². The van der Waals surface area contributed by atoms with Crippen molar-refractivity contribution in [1.29, 1.82) is 0 Å². The Hall–Kier alpha value is -1.00. The van der Waals surface area contributed by atoms with Crippen LogP contribution in [-0.4, -0.2) is 22.8 Å². The van der Waals surface area contributed by atoms with Crippen molar-refractivity contribution >= 4 is 0 Å². The van der Waals surface area contributed by atoms with Gasteiger partial charge in [0.25, 0.3) is 5.92 Å². The van der Waals surface area contributed by atoms with Crippen LogP contribution in [0.25, 0.3) is 0 Å². The first kappa shape index (κ1) is 15.1. The zero-order chi connectivity index (χ0) is 14.0. The Morgan fingerprint density at radius 3 is 2.00 bits per heavy atom. The van der Waals surface area contributed by atoms with Gasteiger partial charge in [0.15, 0.2) is 0 Å². The topological polar surface area (TPSA) is 32.3 Å². The first-order chi connectivity index (χ1) is 8.06. The second-order valence-corrected chi connectivity index (χ2v) is 5.61. The third-order valence-electron chi connectivity index (χ3n) is 3.48. The molecule has 2 nitrogen and oxygen atoms in total. The van der Waals surface area contributed by atoms with E-state index in [0.717, 1.165) is 0 Å². The first-order valence-corrected chi connectivity index (χ1v) is 5.97. The highest BCUT2D eigenvalue weighted by Gasteiger charge is 2.39. The smallest absolute Gasteiger partial charge is 0.285 e. The minimum absolute atomic E-state index is 0.0240. The highest BCUT2D eigenvalue weighted by Crippen LogP contribution is 2.29. The van der Waals surface area contributed by atoms with Crippen LogP contribution in [0.4, 0.5) is 8.78 Å². The largest absolute Gasteiger partial charge is 0.389 e. The van der Waals surface area contributed by atoms with E-state index in [4.69, 9.17) is 0 Å². The summed E-state index contributed by atoms with van der Waals surface area (Å²) in [5.41, 5.74) is -1.91. The SMILES string of the molecule is CC(C)(O)C(C)(C)NCC(F)(F)c1ccccc1. The van der Waals surface area contributed by atoms with Crippen molar-refractivity contribution in [3.05, 3.63) is 35.9 Å². The molecule has 0 atom stereocenters. The van der Waals surface area contributed by atoms with Gasteiger partial charge >= 0.3 is 0 Å². The van der Waals surface area contributed by atoms with E-state index in [-0.39, 0.29) is 5.56 Å². The quantitative estimate of drug-likeness (QED) is 0.850. The summed E-state index contributed by atoms with van der Waals surface area (Å²) < 4.78 is 27.9. The summed E-state index contributed by atoms with van der Waals surface area (Å²) in [6.07, 6.45) is 0. The Morgan fingerprint density at radius 1 is 1.06 bits per heavy atom. The van der Waals surface area contributed by atoms with Gasteiger partial charge in [0.2, 0.25) is 0 Å². The number of alkyl halides is 2. The van der Waals surface area contributed by atoms with Gasteiger partial charge in [-0.05, 0) is 27.7 Å². The molecule has 18 heavy (non-hydrogen) atoms. The van der Waals surface area contributed by atoms with Gasteiger partial charge in [0, 0.05) is 11.1 Å². The van der Waals surface area contributed by atoms with E-state index < -0.39 is 23.6 Å². The van der Waals surface area contributed by atoms with Crippen LogP contribution in [0.5, 0.6) is 0 Å². The molecule has 0 unspecified atom stereocenters. The Morgan fingerprint density at radius 2 is 1.56 bits per heavy atom. The van der Waals surface area contributed by atoms with E-state index in [1.54, 1.807) is 45.9 Å². The second kappa shape index (κ2) is 4.94. The summed E-state index contributed by atoms with van der Waals surface area (Å²) in [7, 11) is 0. The lowest BCUT2D eigenvalue weighted by Gasteiger charge is -2.39. The molecule has 102 valence electrons. The van der Waals surface area contributed by atoms with Crippen molar-refractivity contribution < 1.29 is 13.9 Å². The number of nitrogens with one attached hydrogen (secondary N) is 1. The molecule has 1 rings (SSSR count). The average molecular weight is 257 g/mol. The highest BCUT2D eigenvalue weighted by atomic mass is 19.3. The second-order valence-electron chi connectivity index (χ2n) is 5.61. The molecule has 0 radical (unpaired) electrons. The number of hydrogen-bond donors (Lipinski definition) is 2. The van der Waals surface area contributed by atoms with Gasteiger partial charge in [0.1, 0.15) is 0 Å². The maximum absolute atomic E-state index is 13.9. The lowest BCUT2D eigenvalue weighted by Crippen LogP contribution is -2.57. The van der Waals surface area contributed by atoms with Gasteiger partial charge in [-0.3, -0.25) is 0 Å². The predicted molar refractivity (Wildman–Crippen MR) is 68.7 cm³/mol. The molecule has 0 aliphatic carbocycles. The van der Waals surface area contributed by atoms with Crippen molar-refractivity contribution in [2.75, 3.05) is 6.54 Å². The van der Waals surface area contributed by atoms with E-state index in [2.05, 4.69) is 5.32 Å². The van der Waals surface area contributed by atoms with Gasteiger partial charge < -0.3 is 10.4 Å². The first-order valence-electron chi connectivity index (χ1n) is 5.97. The van der Waals surface area contributed by atoms with Crippen LogP contribution in [0.2, 0.25) is 0 Å². The third kappa shape index (κ3) is 3.50. The van der Waals surface area contributed by atoms with E-state index in [0.29, 0.717) is 0 Å². The number of benzene rings is 1. The molecule has 0 aliphatic rings. The predicted octanol–water partition coefficient (Wildman–Crippen LogP) is 2.92. The van der Waals surface area contributed by atoms with Crippen LogP contribution in [0.15, 0.2) is 30.3 Å². The molecular formula is C14H21F2NO. The summed E-state index contributed by atoms with van der Waals surface area (Å²) >= 11 is 0. The van der Waals surface area contributed by atoms with Crippen molar-refractivity contribution in [3.8, 4) is 0 Å². The van der Waals surface area contributed by atoms with Crippen LogP contribution in [0.3, 0.4) is 0 Å². The molecule has 4 heteroatoms. The molecule has 0 saturated carbocycles. The summed E-state index contributed by atoms with van der Waals surface area (Å²) in [6.45, 7) is 6.09. The number of hydrogen-bond acceptors (Lipinski definition) is 2. The summed E-state index contributed by atoms with van der Waals surface area (Å²) in [4.78, 5) is 0. The fraction of sp³-hybridized carbons (Fsp3) is 0.571. The Balaban J connectivity index is 2.74. The summed E-state index contributed by atoms with van der Waals surface area (Å²) in [5.74, 6) is -2.95. The van der Waals surface area contributed by atoms with Crippen molar-refractivity contribution in [1.82, 2.24) is 5.32 Å². The molecule has 0 bridgehead atoms. The zero-order valence-corrected chi connectivity index (χ0v) is 11.3. The monoisotopic (exact) mass is 257 g/mol. The van der Waals surface area contributed by atoms with Crippen molar-refractivity contribution in [3.63, 3.8) is 0 Å². The fourth-order valence-corrected chi connectivity index (χ4v) is 1.33. The standard InChI is InChI=1S/C14H21F2NO/c1-12(2,13(3,4)18)17-10-14(15,16)11-8-6-5-7-9-11/h5-9,17-18H,10H2,1-4H3. The van der Waals surface area contributed by atoms with E-state index in [1.807, 2.05) is 0 Å². The molecular weight excluding hydrogens is 236 g/mol. The average Bonchev–Trinajstić information content (AvgIpc) is 2.26. The Bertz CT molecular complexity index is 383. The summed E-state index contributed by atoms with van der Waals surface area (Å²) in [5, 5.41) is 12.6. The number of halogens is 2. The lowest BCUT2D eigenvalue weighted by molar-refractivity contribution is -0.0432. The molecule has 0 heterocycles. The van der Waals surface area contributed by atoms with Crippen molar-refractivity contribution in [2.45, 2.75) is 44.8 Å². The van der Waals surface area contributed by atoms with Gasteiger partial charge in [-0.25, -0.2) is 0 Å². The minimum atomic E-state index is -2.95. The highest BCUT2D eigenvalue weighted by molar-refractivity contribution is 5.20. The van der Waals surface area contributed by atoms with E-state index in [1.165, 1.54) is 12.1 Å². The minimum Gasteiger partial charge on any atom is -0.389 e. The molecule has 0 aliphatic heterocycles. The van der Waals surface area contributed by atoms with Crippen LogP contribution in [-0.2, 0) is 5.92 Å². The van der Waals surface area contributed by atoms with E-state index >= 15 is 0 Å². The van der Waals surface area contributed by atoms with Gasteiger partial charge in [-0.1, -0.05) is 30.3 Å². The molecule has 0 amide bonds. The van der Waals surface area contributed by atoms with Crippen LogP contribution in [0, 0.1) is 0 Å². The maximum Gasteiger partial charge on any atom is 0.285 e. The van der Waals surface area contributed by atoms with Gasteiger partial charge in [0.05, 0.1) is 12.1 Å². The molecule has 0 saturated heterocycles. The molecule has 1 aromatic rings. The van der Waals surface area contributed by atoms with Crippen LogP contribution < -0.4 is 5.32 Å². The zero-order valence-electron chi connectivity index (χ0n) is 11.3. The lowest BCUT2D eigenvalue weighted by atomic mass is 9.85. The number of rotatable bonds is 5. The molecule has 2 N–H and O–H groups in total. The fourth-order valence-electron chi connectivity index (χ4n) is 1.33. The molecule has 0 aromatic heterocycles. The van der Waals surface area contributed by atoms with Gasteiger partial charge in [-0.2, -0.15) is 8.78 Å².